The molecule has 160 valence electrons. The number of hydrogen-bond donors (Lipinski definition) is 0. The van der Waals surface area contributed by atoms with Crippen LogP contribution in [-0.4, -0.2) is 20.2 Å². The average Bonchev–Trinajstić information content (AvgIpc) is 3.21. The van der Waals surface area contributed by atoms with E-state index < -0.39 is 16.7 Å². The summed E-state index contributed by atoms with van der Waals surface area (Å²) in [5.41, 5.74) is 0.381. The zero-order valence-electron chi connectivity index (χ0n) is 15.8. The van der Waals surface area contributed by atoms with Gasteiger partial charge in [0.15, 0.2) is 5.16 Å². The highest BCUT2D eigenvalue weighted by molar-refractivity contribution is 7.99. The lowest BCUT2D eigenvalue weighted by atomic mass is 10.1. The summed E-state index contributed by atoms with van der Waals surface area (Å²) in [4.78, 5) is 28.6. The lowest BCUT2D eigenvalue weighted by molar-refractivity contribution is -0.384. The minimum Gasteiger partial charge on any atom is -0.268 e. The lowest BCUT2D eigenvalue weighted by Gasteiger charge is -2.14. The van der Waals surface area contributed by atoms with Crippen LogP contribution >= 0.6 is 23.5 Å². The van der Waals surface area contributed by atoms with Crippen molar-refractivity contribution < 1.29 is 18.1 Å². The van der Waals surface area contributed by atoms with E-state index in [1.54, 1.807) is 6.07 Å². The molecule has 2 heterocycles. The number of fused-ring (bicyclic) bond motifs is 1. The predicted molar refractivity (Wildman–Crippen MR) is 112 cm³/mol. The minimum absolute atomic E-state index is 0.113. The van der Waals surface area contributed by atoms with Crippen LogP contribution in [0.5, 0.6) is 0 Å². The molecule has 0 amide bonds. The van der Waals surface area contributed by atoms with Gasteiger partial charge in [-0.05, 0) is 23.8 Å². The standard InChI is InChI=1S/C20H14F3N3O3S2/c21-20(22,23)13-3-1-2-12(10-13)11-31-19-24-16-8-9-30-17(16)18(27)25(19)14-4-6-15(7-5-14)26(28)29/h1-7,10H,8-9,11H2. The number of alkyl halides is 3. The number of aromatic nitrogens is 2. The Hall–Kier alpha value is -2.79. The SMILES string of the molecule is O=c1c2c(nc(SCc3cccc(C(F)(F)F)c3)n1-c1ccc([N+](=O)[O-])cc1)CCS2. The molecule has 1 aromatic heterocycles. The summed E-state index contributed by atoms with van der Waals surface area (Å²) < 4.78 is 40.3. The second kappa shape index (κ2) is 8.39. The summed E-state index contributed by atoms with van der Waals surface area (Å²) in [5.74, 6) is 0.898. The fourth-order valence-corrected chi connectivity index (χ4v) is 5.12. The van der Waals surface area contributed by atoms with Crippen LogP contribution in [0, 0.1) is 10.1 Å². The number of non-ortho nitro benzene ring substituents is 1. The van der Waals surface area contributed by atoms with Crippen molar-refractivity contribution >= 4 is 29.2 Å². The number of thioether (sulfide) groups is 2. The molecule has 0 aliphatic carbocycles. The van der Waals surface area contributed by atoms with Gasteiger partial charge in [-0.25, -0.2) is 4.98 Å². The third-order valence-electron chi connectivity index (χ3n) is 4.61. The molecule has 31 heavy (non-hydrogen) atoms. The average molecular weight is 465 g/mol. The number of nitro groups is 1. The van der Waals surface area contributed by atoms with Gasteiger partial charge in [-0.2, -0.15) is 13.2 Å². The van der Waals surface area contributed by atoms with Crippen molar-refractivity contribution in [3.63, 3.8) is 0 Å². The molecule has 0 spiro atoms. The van der Waals surface area contributed by atoms with E-state index in [1.807, 2.05) is 0 Å². The Morgan fingerprint density at radius 2 is 1.94 bits per heavy atom. The van der Waals surface area contributed by atoms with Gasteiger partial charge in [0.2, 0.25) is 0 Å². The van der Waals surface area contributed by atoms with Gasteiger partial charge in [0.1, 0.15) is 0 Å². The molecule has 0 bridgehead atoms. The Labute approximate surface area is 182 Å². The number of rotatable bonds is 5. The maximum absolute atomic E-state index is 13.1. The summed E-state index contributed by atoms with van der Waals surface area (Å²) in [6, 6.07) is 10.5. The smallest absolute Gasteiger partial charge is 0.268 e. The first-order valence-corrected chi connectivity index (χ1v) is 11.0. The molecular weight excluding hydrogens is 451 g/mol. The molecule has 0 saturated carbocycles. The quantitative estimate of drug-likeness (QED) is 0.226. The zero-order chi connectivity index (χ0) is 22.2. The largest absolute Gasteiger partial charge is 0.416 e. The second-order valence-corrected chi connectivity index (χ2v) is 8.72. The van der Waals surface area contributed by atoms with Gasteiger partial charge < -0.3 is 0 Å². The summed E-state index contributed by atoms with van der Waals surface area (Å²) in [5, 5.41) is 11.3. The lowest BCUT2D eigenvalue weighted by Crippen LogP contribution is -2.23. The van der Waals surface area contributed by atoms with Crippen molar-refractivity contribution in [3.05, 3.63) is 85.8 Å². The highest BCUT2D eigenvalue weighted by Crippen LogP contribution is 2.33. The van der Waals surface area contributed by atoms with Crippen LogP contribution in [0.15, 0.2) is 63.4 Å². The summed E-state index contributed by atoms with van der Waals surface area (Å²) in [6.45, 7) is 0. The topological polar surface area (TPSA) is 78.0 Å². The molecule has 0 fully saturated rings. The first-order valence-electron chi connectivity index (χ1n) is 9.06. The molecule has 1 aliphatic rings. The Morgan fingerprint density at radius 3 is 2.61 bits per heavy atom. The van der Waals surface area contributed by atoms with Crippen molar-refractivity contribution in [1.82, 2.24) is 9.55 Å². The van der Waals surface area contributed by atoms with Crippen LogP contribution < -0.4 is 5.56 Å². The predicted octanol–water partition coefficient (Wildman–Crippen LogP) is 5.10. The van der Waals surface area contributed by atoms with Gasteiger partial charge in [0, 0.05) is 30.1 Å². The summed E-state index contributed by atoms with van der Waals surface area (Å²) in [7, 11) is 0. The molecule has 0 unspecified atom stereocenters. The van der Waals surface area contributed by atoms with Crippen LogP contribution in [0.3, 0.4) is 0 Å². The van der Waals surface area contributed by atoms with E-state index in [1.165, 1.54) is 46.7 Å². The van der Waals surface area contributed by atoms with Crippen molar-refractivity contribution in [2.45, 2.75) is 28.4 Å². The van der Waals surface area contributed by atoms with Crippen LogP contribution in [-0.2, 0) is 18.3 Å². The zero-order valence-corrected chi connectivity index (χ0v) is 17.4. The third kappa shape index (κ3) is 4.47. The summed E-state index contributed by atoms with van der Waals surface area (Å²) in [6.07, 6.45) is -3.81. The molecule has 2 aromatic carbocycles. The molecule has 0 atom stereocenters. The minimum atomic E-state index is -4.44. The van der Waals surface area contributed by atoms with E-state index in [0.717, 1.165) is 29.6 Å². The molecule has 0 radical (unpaired) electrons. The van der Waals surface area contributed by atoms with Gasteiger partial charge in [-0.1, -0.05) is 30.0 Å². The Morgan fingerprint density at radius 1 is 1.19 bits per heavy atom. The Balaban J connectivity index is 1.71. The number of hydrogen-bond acceptors (Lipinski definition) is 6. The van der Waals surface area contributed by atoms with Gasteiger partial charge >= 0.3 is 6.18 Å². The molecular formula is C20H14F3N3O3S2. The van der Waals surface area contributed by atoms with Crippen LogP contribution in [0.1, 0.15) is 16.8 Å². The molecule has 3 aromatic rings. The Kier molecular flexibility index (Phi) is 5.80. The monoisotopic (exact) mass is 465 g/mol. The van der Waals surface area contributed by atoms with Gasteiger partial charge in [0.25, 0.3) is 11.2 Å². The molecule has 4 rings (SSSR count). The first kappa shape index (κ1) is 21.4. The third-order valence-corrected chi connectivity index (χ3v) is 6.72. The molecule has 11 heteroatoms. The fourth-order valence-electron chi connectivity index (χ4n) is 3.13. The van der Waals surface area contributed by atoms with Crippen molar-refractivity contribution in [2.75, 3.05) is 5.75 Å². The van der Waals surface area contributed by atoms with Gasteiger partial charge in [0.05, 0.1) is 26.8 Å². The first-order chi connectivity index (χ1) is 14.7. The van der Waals surface area contributed by atoms with Crippen molar-refractivity contribution in [3.8, 4) is 5.69 Å². The highest BCUT2D eigenvalue weighted by atomic mass is 32.2. The molecule has 1 aliphatic heterocycles. The van der Waals surface area contributed by atoms with E-state index in [0.29, 0.717) is 33.4 Å². The highest BCUT2D eigenvalue weighted by Gasteiger charge is 2.30. The molecule has 0 N–H and O–H groups in total. The van der Waals surface area contributed by atoms with E-state index >= 15 is 0 Å². The second-order valence-electron chi connectivity index (χ2n) is 6.67. The van der Waals surface area contributed by atoms with Crippen molar-refractivity contribution in [1.29, 1.82) is 0 Å². The number of aryl methyl sites for hydroxylation is 1. The number of benzene rings is 2. The Bertz CT molecular complexity index is 1210. The van der Waals surface area contributed by atoms with Crippen LogP contribution in [0.25, 0.3) is 5.69 Å². The van der Waals surface area contributed by atoms with E-state index in [2.05, 4.69) is 4.98 Å². The van der Waals surface area contributed by atoms with Crippen molar-refractivity contribution in [2.24, 2.45) is 0 Å². The number of nitrogens with zero attached hydrogens (tertiary/aromatic N) is 3. The van der Waals surface area contributed by atoms with E-state index in [9.17, 15) is 28.1 Å². The fraction of sp³-hybridized carbons (Fsp3) is 0.200. The van der Waals surface area contributed by atoms with E-state index in [4.69, 9.17) is 0 Å². The number of nitro benzene ring substituents is 1. The van der Waals surface area contributed by atoms with Crippen LogP contribution in [0.2, 0.25) is 0 Å². The van der Waals surface area contributed by atoms with Crippen LogP contribution in [0.4, 0.5) is 18.9 Å². The molecule has 6 nitrogen and oxygen atoms in total. The number of halogens is 3. The van der Waals surface area contributed by atoms with Gasteiger partial charge in [-0.15, -0.1) is 11.8 Å². The maximum Gasteiger partial charge on any atom is 0.416 e. The normalized spacial score (nSPS) is 13.3. The van der Waals surface area contributed by atoms with Gasteiger partial charge in [-0.3, -0.25) is 19.5 Å². The summed E-state index contributed by atoms with van der Waals surface area (Å²) >= 11 is 2.55. The molecule has 0 saturated heterocycles. The van der Waals surface area contributed by atoms with E-state index in [-0.39, 0.29) is 17.0 Å². The maximum atomic E-state index is 13.1.